The summed E-state index contributed by atoms with van der Waals surface area (Å²) in [4.78, 5) is 0. The Morgan fingerprint density at radius 2 is 2.40 bits per heavy atom. The summed E-state index contributed by atoms with van der Waals surface area (Å²) in [6, 6.07) is 0. The molecule has 0 aliphatic carbocycles. The highest BCUT2D eigenvalue weighted by Crippen LogP contribution is 2.02. The van der Waals surface area contributed by atoms with Crippen LogP contribution >= 0.6 is 11.8 Å². The monoisotopic (exact) mass is 157 g/mol. The van der Waals surface area contributed by atoms with Crippen molar-refractivity contribution in [3.63, 3.8) is 0 Å². The van der Waals surface area contributed by atoms with Crippen molar-refractivity contribution in [2.45, 2.75) is 12.8 Å². The molecule has 0 aliphatic rings. The molecule has 0 atom stereocenters. The molecule has 0 aromatic heterocycles. The fraction of sp³-hybridized carbons (Fsp3) is 0.500. The van der Waals surface area contributed by atoms with Crippen molar-refractivity contribution in [3.8, 4) is 12.3 Å². The van der Waals surface area contributed by atoms with Crippen molar-refractivity contribution < 1.29 is 0 Å². The van der Waals surface area contributed by atoms with Gasteiger partial charge in [0.1, 0.15) is 0 Å². The van der Waals surface area contributed by atoms with E-state index in [9.17, 15) is 0 Å². The predicted octanol–water partition coefficient (Wildman–Crippen LogP) is 0.321. The Labute approximate surface area is 65.2 Å². The smallest absolute Gasteiger partial charge is 0.177 e. The minimum atomic E-state index is 0.414. The van der Waals surface area contributed by atoms with Crippen molar-refractivity contribution >= 4 is 16.9 Å². The molecule has 0 heterocycles. The predicted molar refractivity (Wildman–Crippen MR) is 46.3 cm³/mol. The highest BCUT2D eigenvalue weighted by Gasteiger charge is 1.90. The standard InChI is InChI=1S/C6H11N3S/c1-2-3-4-5-10-6(7)9-8/h1H,3-5,8H2,(H2,7,9). The number of amidine groups is 1. The molecule has 0 aromatic rings. The Hall–Kier alpha value is -0.820. The number of unbranched alkanes of at least 4 members (excludes halogenated alkanes) is 1. The molecule has 0 amide bonds. The van der Waals surface area contributed by atoms with E-state index in [4.69, 9.17) is 18.0 Å². The van der Waals surface area contributed by atoms with Crippen LogP contribution in [0.4, 0.5) is 0 Å². The molecule has 0 saturated heterocycles. The fourth-order valence-electron chi connectivity index (χ4n) is 0.388. The third kappa shape index (κ3) is 5.32. The fourth-order valence-corrected chi connectivity index (χ4v) is 0.961. The van der Waals surface area contributed by atoms with Crippen LogP contribution in [-0.2, 0) is 0 Å². The van der Waals surface area contributed by atoms with Crippen LogP contribution in [0, 0.1) is 12.3 Å². The van der Waals surface area contributed by atoms with E-state index in [2.05, 4.69) is 11.0 Å². The largest absolute Gasteiger partial charge is 0.377 e. The normalized spacial score (nSPS) is 10.9. The molecule has 56 valence electrons. The second kappa shape index (κ2) is 6.30. The summed E-state index contributed by atoms with van der Waals surface area (Å²) < 4.78 is 0. The molecule has 0 bridgehead atoms. The SMILES string of the molecule is C#CCCCSC(N)=NN. The molecule has 0 aromatic carbocycles. The molecular formula is C6H11N3S. The number of thioether (sulfide) groups is 1. The lowest BCUT2D eigenvalue weighted by Gasteiger charge is -1.94. The topological polar surface area (TPSA) is 64.4 Å². The number of rotatable bonds is 3. The van der Waals surface area contributed by atoms with Gasteiger partial charge >= 0.3 is 0 Å². The molecule has 0 fully saturated rings. The lowest BCUT2D eigenvalue weighted by Crippen LogP contribution is -2.09. The Morgan fingerprint density at radius 3 is 2.90 bits per heavy atom. The van der Waals surface area contributed by atoms with E-state index in [1.165, 1.54) is 11.8 Å². The third-order valence-corrected chi connectivity index (χ3v) is 1.74. The number of hydrazone groups is 1. The van der Waals surface area contributed by atoms with Crippen LogP contribution in [0.3, 0.4) is 0 Å². The molecule has 4 heteroatoms. The van der Waals surface area contributed by atoms with Crippen LogP contribution in [0.1, 0.15) is 12.8 Å². The molecule has 0 saturated carbocycles. The van der Waals surface area contributed by atoms with E-state index in [0.29, 0.717) is 5.17 Å². The number of nitrogens with zero attached hydrogens (tertiary/aromatic N) is 1. The van der Waals surface area contributed by atoms with E-state index in [0.717, 1.165) is 18.6 Å². The average Bonchev–Trinajstić information content (AvgIpc) is 1.98. The van der Waals surface area contributed by atoms with Crippen LogP contribution in [0.2, 0.25) is 0 Å². The van der Waals surface area contributed by atoms with E-state index in [1.54, 1.807) is 0 Å². The van der Waals surface area contributed by atoms with Crippen LogP contribution in [0.15, 0.2) is 5.10 Å². The summed E-state index contributed by atoms with van der Waals surface area (Å²) in [7, 11) is 0. The lowest BCUT2D eigenvalue weighted by atomic mass is 10.4. The summed E-state index contributed by atoms with van der Waals surface area (Å²) in [6.07, 6.45) is 6.77. The van der Waals surface area contributed by atoms with Crippen LogP contribution in [0.5, 0.6) is 0 Å². The molecule has 0 unspecified atom stereocenters. The van der Waals surface area contributed by atoms with Crippen LogP contribution in [0.25, 0.3) is 0 Å². The zero-order chi connectivity index (χ0) is 7.82. The Bertz CT molecular complexity index is 148. The summed E-state index contributed by atoms with van der Waals surface area (Å²) in [5.41, 5.74) is 5.29. The first-order valence-electron chi connectivity index (χ1n) is 2.91. The highest BCUT2D eigenvalue weighted by molar-refractivity contribution is 8.13. The zero-order valence-electron chi connectivity index (χ0n) is 5.71. The average molecular weight is 157 g/mol. The molecule has 3 nitrogen and oxygen atoms in total. The van der Waals surface area contributed by atoms with Gasteiger partial charge in [-0.15, -0.1) is 12.3 Å². The first-order chi connectivity index (χ1) is 4.81. The first kappa shape index (κ1) is 9.18. The number of nitrogens with two attached hydrogens (primary N) is 2. The van der Waals surface area contributed by atoms with E-state index >= 15 is 0 Å². The molecule has 0 radical (unpaired) electrons. The van der Waals surface area contributed by atoms with E-state index in [1.807, 2.05) is 0 Å². The molecule has 10 heavy (non-hydrogen) atoms. The number of hydrogen-bond donors (Lipinski definition) is 2. The van der Waals surface area contributed by atoms with Crippen molar-refractivity contribution in [3.05, 3.63) is 0 Å². The molecule has 0 rings (SSSR count). The lowest BCUT2D eigenvalue weighted by molar-refractivity contribution is 1.00. The summed E-state index contributed by atoms with van der Waals surface area (Å²) in [5.74, 6) is 8.31. The van der Waals surface area contributed by atoms with Gasteiger partial charge in [-0.05, 0) is 6.42 Å². The highest BCUT2D eigenvalue weighted by atomic mass is 32.2. The van der Waals surface area contributed by atoms with Gasteiger partial charge in [0.25, 0.3) is 0 Å². The van der Waals surface area contributed by atoms with Gasteiger partial charge < -0.3 is 11.6 Å². The summed E-state index contributed by atoms with van der Waals surface area (Å²) in [5, 5.41) is 3.71. The second-order valence-corrected chi connectivity index (χ2v) is 2.74. The van der Waals surface area contributed by atoms with Crippen molar-refractivity contribution in [2.24, 2.45) is 16.7 Å². The van der Waals surface area contributed by atoms with Crippen LogP contribution in [-0.4, -0.2) is 10.9 Å². The summed E-state index contributed by atoms with van der Waals surface area (Å²) in [6.45, 7) is 0. The van der Waals surface area contributed by atoms with Gasteiger partial charge in [0.2, 0.25) is 0 Å². The van der Waals surface area contributed by atoms with Gasteiger partial charge in [-0.3, -0.25) is 0 Å². The second-order valence-electron chi connectivity index (χ2n) is 1.62. The number of terminal acetylenes is 1. The van der Waals surface area contributed by atoms with Gasteiger partial charge in [0.15, 0.2) is 5.17 Å². The van der Waals surface area contributed by atoms with Crippen LogP contribution < -0.4 is 11.6 Å². The van der Waals surface area contributed by atoms with Crippen molar-refractivity contribution in [1.29, 1.82) is 0 Å². The third-order valence-electron chi connectivity index (χ3n) is 0.843. The Kier molecular flexibility index (Phi) is 5.79. The maximum atomic E-state index is 5.29. The van der Waals surface area contributed by atoms with Gasteiger partial charge in [0.05, 0.1) is 0 Å². The quantitative estimate of drug-likeness (QED) is 0.155. The van der Waals surface area contributed by atoms with Crippen molar-refractivity contribution in [2.75, 3.05) is 5.75 Å². The van der Waals surface area contributed by atoms with E-state index in [-0.39, 0.29) is 0 Å². The minimum absolute atomic E-state index is 0.414. The van der Waals surface area contributed by atoms with Crippen molar-refractivity contribution in [1.82, 2.24) is 0 Å². The summed E-state index contributed by atoms with van der Waals surface area (Å²) >= 11 is 1.42. The molecule has 4 N–H and O–H groups in total. The minimum Gasteiger partial charge on any atom is -0.377 e. The Balaban J connectivity index is 3.14. The van der Waals surface area contributed by atoms with Gasteiger partial charge in [-0.25, -0.2) is 0 Å². The Morgan fingerprint density at radius 1 is 1.70 bits per heavy atom. The first-order valence-corrected chi connectivity index (χ1v) is 3.89. The van der Waals surface area contributed by atoms with Gasteiger partial charge in [-0.2, -0.15) is 5.10 Å². The van der Waals surface area contributed by atoms with Gasteiger partial charge in [0, 0.05) is 12.2 Å². The maximum absolute atomic E-state index is 5.29. The zero-order valence-corrected chi connectivity index (χ0v) is 6.53. The van der Waals surface area contributed by atoms with Gasteiger partial charge in [-0.1, -0.05) is 11.8 Å². The molecular weight excluding hydrogens is 146 g/mol. The number of hydrogen-bond acceptors (Lipinski definition) is 3. The molecule has 0 aliphatic heterocycles. The maximum Gasteiger partial charge on any atom is 0.177 e. The van der Waals surface area contributed by atoms with E-state index < -0.39 is 0 Å². The molecule has 0 spiro atoms.